The van der Waals surface area contributed by atoms with Gasteiger partial charge in [-0.2, -0.15) is 0 Å². The highest BCUT2D eigenvalue weighted by Gasteiger charge is 2.32. The molecule has 0 radical (unpaired) electrons. The first kappa shape index (κ1) is 63.4. The van der Waals surface area contributed by atoms with Gasteiger partial charge in [-0.05, 0) is 46.2 Å². The average molecular weight is 1230 g/mol. The van der Waals surface area contributed by atoms with Crippen molar-refractivity contribution in [3.63, 3.8) is 0 Å². The molecule has 7 heterocycles. The van der Waals surface area contributed by atoms with E-state index in [1.165, 1.54) is 62.9 Å². The van der Waals surface area contributed by atoms with E-state index in [4.69, 9.17) is 23.7 Å². The topological polar surface area (TPSA) is 451 Å². The molecule has 33 heteroatoms. The Morgan fingerprint density at radius 3 is 1.95 bits per heavy atom. The van der Waals surface area contributed by atoms with Gasteiger partial charge in [0.25, 0.3) is 53.2 Å². The number of aryl methyl sites for hydroxylation is 2. The van der Waals surface area contributed by atoms with Crippen molar-refractivity contribution in [1.29, 1.82) is 0 Å². The lowest BCUT2D eigenvalue weighted by atomic mass is 10.1. The predicted octanol–water partition coefficient (Wildman–Crippen LogP) is 2.15. The number of methoxy groups -OCH3 is 1. The number of fused-ring (bicyclic) bond motifs is 13. The zero-order valence-electron chi connectivity index (χ0n) is 46.8. The number of hydrogen-bond donors (Lipinski definition) is 11. The Labute approximate surface area is 499 Å². The molecule has 1 aliphatic heterocycles. The summed E-state index contributed by atoms with van der Waals surface area (Å²) >= 11 is 1.86. The van der Waals surface area contributed by atoms with Gasteiger partial charge in [-0.3, -0.25) is 47.9 Å². The molecule has 10 amide bonds. The lowest BCUT2D eigenvalue weighted by Crippen LogP contribution is -2.52. The highest BCUT2D eigenvalue weighted by atomic mass is 32.1. The van der Waals surface area contributed by atoms with E-state index in [0.717, 1.165) is 28.9 Å². The third-order valence-corrected chi connectivity index (χ3v) is 13.5. The van der Waals surface area contributed by atoms with Crippen LogP contribution in [0.25, 0.3) is 39.1 Å². The highest BCUT2D eigenvalue weighted by Crippen LogP contribution is 2.34. The molecule has 3 unspecified atom stereocenters. The van der Waals surface area contributed by atoms with Crippen LogP contribution in [0.2, 0.25) is 0 Å². The lowest BCUT2D eigenvalue weighted by molar-refractivity contribution is -0.124. The highest BCUT2D eigenvalue weighted by molar-refractivity contribution is 7.13. The van der Waals surface area contributed by atoms with Gasteiger partial charge in [0, 0.05) is 23.4 Å². The number of carbonyl (C=O) groups excluding carboxylic acids is 10. The molecule has 0 fully saturated rings. The van der Waals surface area contributed by atoms with Gasteiger partial charge in [0.2, 0.25) is 23.6 Å². The predicted molar refractivity (Wildman–Crippen MR) is 307 cm³/mol. The maximum absolute atomic E-state index is 14.0. The number of nitrogens with one attached hydrogen (secondary N) is 9. The van der Waals surface area contributed by atoms with Crippen molar-refractivity contribution in [2.45, 2.75) is 59.4 Å². The summed E-state index contributed by atoms with van der Waals surface area (Å²) in [6.45, 7) is 25.0. The minimum absolute atomic E-state index is 0.00747. The quantitative estimate of drug-likeness (QED) is 0.0875. The molecular formula is C54H52N16O15S2. The molecule has 6 aromatic heterocycles. The SMILES string of the molecule is C=C(NC(=O)C(=C)NC(=O)C(=C)NC(=O)c1ccc2c(n1)-c1coc(n1)C(=C)NC(=O)C(=C)NC(=O)c1nc(oc1C)/C(=C/C)NC(=O)c1csc(n1)C(OC)NC(=O)c1nc(oc1C)/C(=C\CC)NC(=O)C(C(C)O)NC(=O)c1csc-2n1)C(N)=O. The number of aromatic nitrogens is 6. The van der Waals surface area contributed by atoms with Gasteiger partial charge >= 0.3 is 0 Å². The van der Waals surface area contributed by atoms with Crippen molar-refractivity contribution in [2.75, 3.05) is 7.11 Å². The summed E-state index contributed by atoms with van der Waals surface area (Å²) in [5, 5.41) is 35.2. The molecule has 0 aliphatic carbocycles. The van der Waals surface area contributed by atoms with Gasteiger partial charge in [-0.1, -0.05) is 52.0 Å². The van der Waals surface area contributed by atoms with Gasteiger partial charge in [-0.25, -0.2) is 29.9 Å². The Morgan fingerprint density at radius 2 is 1.32 bits per heavy atom. The Balaban J connectivity index is 1.22. The van der Waals surface area contributed by atoms with E-state index < -0.39 is 100 Å². The summed E-state index contributed by atoms with van der Waals surface area (Å²) in [6.07, 6.45) is 1.55. The van der Waals surface area contributed by atoms with Gasteiger partial charge < -0.3 is 76.7 Å². The first-order valence-electron chi connectivity index (χ1n) is 25.2. The number of hydrogen-bond acceptors (Lipinski definition) is 23. The summed E-state index contributed by atoms with van der Waals surface area (Å²) < 4.78 is 22.8. The van der Waals surface area contributed by atoms with E-state index in [9.17, 15) is 53.1 Å². The van der Waals surface area contributed by atoms with Crippen LogP contribution in [0.15, 0.2) is 110 Å². The standard InChI is InChI=1S/C54H52N16O15S2/c1-12-14-31-51-69-37(27(10)85-51)48(81)70-52(82-11)54-66-33(19-87-54)44(77)62-29(13-2)50-68-36(26(9)84-50)47(80)59-23(6)42(75)60-24(7)49-64-32(17-83-49)38-28(53-65-34(18-86-53)45(78)67-35(25(8)71)46(79)63-31)15-16-30(61-38)43(76)58-22(5)41(74)57-21(4)40(73)56-20(3)39(55)72/h13-19,25,35,52,71H,3-7,12H2,1-2,8-11H3,(H2,55,72)(H,56,73)(H,57,74)(H,58,76)(H,59,80)(H,60,75)(H,62,77)(H,63,79)(H,67,78)(H,70,81)/b29-13-,31-14+. The summed E-state index contributed by atoms with van der Waals surface area (Å²) in [6, 6.07) is 0.899. The van der Waals surface area contributed by atoms with Crippen LogP contribution < -0.4 is 53.6 Å². The second kappa shape index (κ2) is 27.0. The van der Waals surface area contributed by atoms with Gasteiger partial charge in [0.15, 0.2) is 17.6 Å². The van der Waals surface area contributed by atoms with Crippen LogP contribution in [-0.4, -0.2) is 113 Å². The number of thiazole rings is 2. The van der Waals surface area contributed by atoms with E-state index >= 15 is 0 Å². The smallest absolute Gasteiger partial charge is 0.278 e. The fourth-order valence-corrected chi connectivity index (χ4v) is 8.97. The van der Waals surface area contributed by atoms with Crippen LogP contribution in [0, 0.1) is 13.8 Å². The molecule has 1 aliphatic rings. The van der Waals surface area contributed by atoms with Crippen LogP contribution in [0.4, 0.5) is 0 Å². The Kier molecular flexibility index (Phi) is 19.7. The molecule has 0 saturated heterocycles. The van der Waals surface area contributed by atoms with Crippen molar-refractivity contribution in [1.82, 2.24) is 77.8 Å². The minimum atomic E-state index is -1.65. The molecule has 6 aromatic rings. The number of aliphatic hydroxyl groups excluding tert-OH is 1. The first-order valence-corrected chi connectivity index (χ1v) is 26.9. The van der Waals surface area contributed by atoms with E-state index in [-0.39, 0.29) is 102 Å². The number of nitrogens with zero attached hydrogens (tertiary/aromatic N) is 6. The van der Waals surface area contributed by atoms with Crippen LogP contribution in [-0.2, 0) is 28.7 Å². The van der Waals surface area contributed by atoms with Crippen LogP contribution in [0.1, 0.15) is 120 Å². The molecule has 0 aromatic carbocycles. The minimum Gasteiger partial charge on any atom is -0.443 e. The average Bonchev–Trinajstić information content (AvgIpc) is 2.86. The molecule has 0 saturated carbocycles. The molecule has 0 spiro atoms. The fraction of sp³-hybridized carbons (Fsp3) is 0.185. The molecule has 450 valence electrons. The van der Waals surface area contributed by atoms with Crippen molar-refractivity contribution >= 4 is 98.8 Å². The zero-order valence-corrected chi connectivity index (χ0v) is 48.4. The maximum Gasteiger partial charge on any atom is 0.278 e. The largest absolute Gasteiger partial charge is 0.443 e. The van der Waals surface area contributed by atoms with Crippen LogP contribution in [0.5, 0.6) is 0 Å². The third-order valence-electron chi connectivity index (χ3n) is 11.8. The molecule has 31 nitrogen and oxygen atoms in total. The second-order valence-electron chi connectivity index (χ2n) is 18.1. The van der Waals surface area contributed by atoms with Crippen molar-refractivity contribution < 1.29 is 71.0 Å². The van der Waals surface area contributed by atoms with E-state index in [0.29, 0.717) is 6.42 Å². The number of aliphatic hydroxyl groups is 1. The molecule has 12 N–H and O–H groups in total. The number of rotatable bonds is 10. The van der Waals surface area contributed by atoms with E-state index in [1.54, 1.807) is 13.8 Å². The second-order valence-corrected chi connectivity index (χ2v) is 19.8. The number of allylic oxidation sites excluding steroid dienone is 2. The van der Waals surface area contributed by atoms with Crippen molar-refractivity contribution in [3.8, 4) is 22.0 Å². The van der Waals surface area contributed by atoms with Gasteiger partial charge in [0.1, 0.15) is 73.7 Å². The molecule has 10 bridgehead atoms. The fourth-order valence-electron chi connectivity index (χ4n) is 7.32. The number of pyridine rings is 1. The molecular weight excluding hydrogens is 1180 g/mol. The monoisotopic (exact) mass is 1230 g/mol. The van der Waals surface area contributed by atoms with Gasteiger partial charge in [0.05, 0.1) is 34.6 Å². The molecule has 7 rings (SSSR count). The van der Waals surface area contributed by atoms with Crippen molar-refractivity contribution in [2.24, 2.45) is 5.73 Å². The number of ether oxygens (including phenoxy) is 1. The number of oxazole rings is 3. The summed E-state index contributed by atoms with van der Waals surface area (Å²) in [5.41, 5.74) is 1.07. The maximum atomic E-state index is 14.0. The summed E-state index contributed by atoms with van der Waals surface area (Å²) in [7, 11) is 1.28. The number of amides is 10. The molecule has 3 atom stereocenters. The Hall–Kier alpha value is -11.2. The molecule has 87 heavy (non-hydrogen) atoms. The summed E-state index contributed by atoms with van der Waals surface area (Å²) in [5.74, 6) is -10.5. The summed E-state index contributed by atoms with van der Waals surface area (Å²) in [4.78, 5) is 159. The van der Waals surface area contributed by atoms with Crippen LogP contribution >= 0.6 is 22.7 Å². The first-order chi connectivity index (χ1) is 41.2. The van der Waals surface area contributed by atoms with E-state index in [1.807, 2.05) is 5.32 Å². The normalized spacial score (nSPS) is 16.7. The number of nitrogens with two attached hydrogens (primary N) is 1. The third kappa shape index (κ3) is 14.8. The Morgan fingerprint density at radius 1 is 0.713 bits per heavy atom. The number of carbonyl (C=O) groups is 10. The van der Waals surface area contributed by atoms with Crippen LogP contribution in [0.3, 0.4) is 0 Å². The van der Waals surface area contributed by atoms with Gasteiger partial charge in [-0.15, -0.1) is 22.7 Å². The Bertz CT molecular complexity index is 3990. The van der Waals surface area contributed by atoms with Crippen molar-refractivity contribution in [3.05, 3.63) is 160 Å². The lowest BCUT2D eigenvalue weighted by Gasteiger charge is -2.20. The van der Waals surface area contributed by atoms with E-state index in [2.05, 4.69) is 105 Å². The zero-order chi connectivity index (χ0) is 63.7. The number of primary amides is 1.